The Kier molecular flexibility index (Phi) is 7.00. The van der Waals surface area contributed by atoms with Gasteiger partial charge in [-0.2, -0.15) is 0 Å². The smallest absolute Gasteiger partial charge is 0.289 e. The lowest BCUT2D eigenvalue weighted by molar-refractivity contribution is -0.118. The first-order valence-corrected chi connectivity index (χ1v) is 7.44. The number of aliphatic hydroxyl groups excluding tert-OH is 1. The van der Waals surface area contributed by atoms with Crippen LogP contribution in [0.2, 0.25) is 0 Å². The maximum atomic E-state index is 14.2. The van der Waals surface area contributed by atoms with E-state index in [1.165, 1.54) is 0 Å². The van der Waals surface area contributed by atoms with Crippen LogP contribution in [0.3, 0.4) is 0 Å². The Hall–Kier alpha value is -0.270. The minimum absolute atomic E-state index is 0. The van der Waals surface area contributed by atoms with Gasteiger partial charge < -0.3 is 10.4 Å². The number of aliphatic hydroxyl groups is 1. The SMILES string of the molecule is Cc1ccc([C@H](N2CCNCC2)C(F)(F)CO)cc1Br.Cl. The summed E-state index contributed by atoms with van der Waals surface area (Å²) in [5.41, 5.74) is 1.53. The summed E-state index contributed by atoms with van der Waals surface area (Å²) >= 11 is 3.39. The van der Waals surface area contributed by atoms with E-state index in [1.54, 1.807) is 17.0 Å². The largest absolute Gasteiger partial charge is 0.390 e. The van der Waals surface area contributed by atoms with Crippen molar-refractivity contribution < 1.29 is 13.9 Å². The number of hydrogen-bond acceptors (Lipinski definition) is 3. The Morgan fingerprint density at radius 3 is 2.52 bits per heavy atom. The summed E-state index contributed by atoms with van der Waals surface area (Å²) in [5, 5.41) is 12.2. The van der Waals surface area contributed by atoms with Crippen molar-refractivity contribution in [1.29, 1.82) is 0 Å². The third-order valence-electron chi connectivity index (χ3n) is 3.64. The van der Waals surface area contributed by atoms with E-state index in [4.69, 9.17) is 5.11 Å². The van der Waals surface area contributed by atoms with E-state index in [1.807, 2.05) is 13.0 Å². The molecule has 0 radical (unpaired) electrons. The van der Waals surface area contributed by atoms with Crippen LogP contribution >= 0.6 is 28.3 Å². The van der Waals surface area contributed by atoms with Crippen LogP contribution in [0.5, 0.6) is 0 Å². The summed E-state index contributed by atoms with van der Waals surface area (Å²) in [6.07, 6.45) is 0. The molecule has 1 heterocycles. The standard InChI is InChI=1S/C14H19BrF2N2O.ClH/c1-10-2-3-11(8-12(10)15)13(14(16,17)9-20)19-6-4-18-5-7-19;/h2-3,8,13,18,20H,4-7,9H2,1H3;1H/t13-;/m0./s1. The molecule has 0 aliphatic carbocycles. The normalized spacial score (nSPS) is 18.1. The summed E-state index contributed by atoms with van der Waals surface area (Å²) in [5.74, 6) is -3.16. The molecule has 0 spiro atoms. The lowest BCUT2D eigenvalue weighted by Crippen LogP contribution is -2.51. The van der Waals surface area contributed by atoms with Gasteiger partial charge in [0.15, 0.2) is 0 Å². The fourth-order valence-corrected chi connectivity index (χ4v) is 2.92. The number of halogens is 4. The highest BCUT2D eigenvalue weighted by molar-refractivity contribution is 9.10. The number of alkyl halides is 2. The molecule has 3 nitrogen and oxygen atoms in total. The second-order valence-corrected chi connectivity index (χ2v) is 5.97. The van der Waals surface area contributed by atoms with Crippen LogP contribution < -0.4 is 5.32 Å². The Bertz CT molecular complexity index is 470. The lowest BCUT2D eigenvalue weighted by Gasteiger charge is -2.38. The van der Waals surface area contributed by atoms with Crippen LogP contribution in [0.25, 0.3) is 0 Å². The minimum atomic E-state index is -3.16. The molecule has 0 saturated carbocycles. The molecule has 1 aliphatic heterocycles. The predicted octanol–water partition coefficient (Wildman–Crippen LogP) is 2.75. The van der Waals surface area contributed by atoms with Crippen molar-refractivity contribution in [2.45, 2.75) is 18.9 Å². The molecule has 2 N–H and O–H groups in total. The van der Waals surface area contributed by atoms with Gasteiger partial charge in [0.25, 0.3) is 5.92 Å². The second-order valence-electron chi connectivity index (χ2n) is 5.12. The van der Waals surface area contributed by atoms with E-state index in [2.05, 4.69) is 21.2 Å². The Balaban J connectivity index is 0.00000220. The third-order valence-corrected chi connectivity index (χ3v) is 4.49. The molecule has 1 fully saturated rings. The molecule has 1 aliphatic rings. The zero-order valence-electron chi connectivity index (χ0n) is 11.8. The highest BCUT2D eigenvalue weighted by Gasteiger charge is 2.44. The van der Waals surface area contributed by atoms with Crippen molar-refractivity contribution >= 4 is 28.3 Å². The van der Waals surface area contributed by atoms with Crippen molar-refractivity contribution in [1.82, 2.24) is 10.2 Å². The number of nitrogens with zero attached hydrogens (tertiary/aromatic N) is 1. The number of piperazine rings is 1. The lowest BCUT2D eigenvalue weighted by atomic mass is 9.97. The maximum absolute atomic E-state index is 14.2. The van der Waals surface area contributed by atoms with Gasteiger partial charge >= 0.3 is 0 Å². The van der Waals surface area contributed by atoms with Crippen LogP contribution in [0.15, 0.2) is 22.7 Å². The second kappa shape index (κ2) is 7.83. The van der Waals surface area contributed by atoms with Gasteiger partial charge in [0.2, 0.25) is 0 Å². The summed E-state index contributed by atoms with van der Waals surface area (Å²) < 4.78 is 29.2. The molecule has 7 heteroatoms. The number of benzene rings is 1. The topological polar surface area (TPSA) is 35.5 Å². The molecule has 1 aromatic rings. The molecule has 0 bridgehead atoms. The van der Waals surface area contributed by atoms with Crippen LogP contribution in [0, 0.1) is 6.92 Å². The Morgan fingerprint density at radius 2 is 2.00 bits per heavy atom. The predicted molar refractivity (Wildman–Crippen MR) is 85.3 cm³/mol. The third kappa shape index (κ3) is 4.36. The van der Waals surface area contributed by atoms with Crippen molar-refractivity contribution in [3.8, 4) is 0 Å². The molecule has 1 atom stereocenters. The van der Waals surface area contributed by atoms with Gasteiger partial charge in [0.05, 0.1) is 0 Å². The van der Waals surface area contributed by atoms with Gasteiger partial charge in [0, 0.05) is 30.7 Å². The van der Waals surface area contributed by atoms with Gasteiger partial charge in [-0.1, -0.05) is 28.1 Å². The molecule has 1 aromatic carbocycles. The van der Waals surface area contributed by atoms with E-state index < -0.39 is 18.6 Å². The minimum Gasteiger partial charge on any atom is -0.390 e. The average molecular weight is 386 g/mol. The summed E-state index contributed by atoms with van der Waals surface area (Å²) in [4.78, 5) is 1.74. The molecule has 0 aromatic heterocycles. The van der Waals surface area contributed by atoms with E-state index in [0.717, 1.165) is 10.0 Å². The fourth-order valence-electron chi connectivity index (χ4n) is 2.53. The van der Waals surface area contributed by atoms with Crippen molar-refractivity contribution in [3.63, 3.8) is 0 Å². The number of hydrogen-bond donors (Lipinski definition) is 2. The molecule has 0 amide bonds. The zero-order valence-corrected chi connectivity index (χ0v) is 14.2. The van der Waals surface area contributed by atoms with Crippen molar-refractivity contribution in [3.05, 3.63) is 33.8 Å². The summed E-state index contributed by atoms with van der Waals surface area (Å²) in [6.45, 7) is 3.23. The van der Waals surface area contributed by atoms with E-state index >= 15 is 0 Å². The molecule has 1 saturated heterocycles. The van der Waals surface area contributed by atoms with Crippen LogP contribution in [0.1, 0.15) is 17.2 Å². The van der Waals surface area contributed by atoms with Crippen molar-refractivity contribution in [2.24, 2.45) is 0 Å². The number of rotatable bonds is 4. The van der Waals surface area contributed by atoms with Crippen molar-refractivity contribution in [2.75, 3.05) is 32.8 Å². The first-order valence-electron chi connectivity index (χ1n) is 6.65. The van der Waals surface area contributed by atoms with Gasteiger partial charge in [-0.25, -0.2) is 8.78 Å². The Morgan fingerprint density at radius 1 is 1.38 bits per heavy atom. The Labute approximate surface area is 138 Å². The van der Waals surface area contributed by atoms with E-state index in [0.29, 0.717) is 31.7 Å². The molecular formula is C14H20BrClF2N2O. The van der Waals surface area contributed by atoms with E-state index in [9.17, 15) is 8.78 Å². The molecule has 2 rings (SSSR count). The fraction of sp³-hybridized carbons (Fsp3) is 0.571. The van der Waals surface area contributed by atoms with Crippen LogP contribution in [-0.4, -0.2) is 48.7 Å². The highest BCUT2D eigenvalue weighted by Crippen LogP contribution is 2.37. The van der Waals surface area contributed by atoms with Gasteiger partial charge in [-0.3, -0.25) is 4.90 Å². The van der Waals surface area contributed by atoms with Crippen LogP contribution in [0.4, 0.5) is 8.78 Å². The molecule has 21 heavy (non-hydrogen) atoms. The van der Waals surface area contributed by atoms with E-state index in [-0.39, 0.29) is 12.4 Å². The summed E-state index contributed by atoms with van der Waals surface area (Å²) in [6, 6.07) is 4.18. The first-order chi connectivity index (χ1) is 9.45. The molecular weight excluding hydrogens is 366 g/mol. The van der Waals surface area contributed by atoms with Gasteiger partial charge in [-0.05, 0) is 24.1 Å². The number of aryl methyl sites for hydroxylation is 1. The monoisotopic (exact) mass is 384 g/mol. The first kappa shape index (κ1) is 18.8. The highest BCUT2D eigenvalue weighted by atomic mass is 79.9. The van der Waals surface area contributed by atoms with Crippen LogP contribution in [-0.2, 0) is 0 Å². The number of nitrogens with one attached hydrogen (secondary N) is 1. The van der Waals surface area contributed by atoms with Gasteiger partial charge in [-0.15, -0.1) is 12.4 Å². The summed E-state index contributed by atoms with van der Waals surface area (Å²) in [7, 11) is 0. The average Bonchev–Trinajstić information content (AvgIpc) is 2.44. The molecule has 120 valence electrons. The maximum Gasteiger partial charge on any atom is 0.289 e. The van der Waals surface area contributed by atoms with Gasteiger partial charge in [0.1, 0.15) is 12.6 Å². The quantitative estimate of drug-likeness (QED) is 0.836. The molecule has 0 unspecified atom stereocenters. The zero-order chi connectivity index (χ0) is 14.8.